The molecule has 19 heavy (non-hydrogen) atoms. The van der Waals surface area contributed by atoms with E-state index in [-0.39, 0.29) is 11.7 Å². The second-order valence-electron chi connectivity index (χ2n) is 5.84. The Hall–Kier alpha value is -1.22. The fourth-order valence-corrected chi connectivity index (χ4v) is 2.41. The minimum Gasteiger partial charge on any atom is -0.490 e. The molecule has 3 heteroatoms. The van der Waals surface area contributed by atoms with Gasteiger partial charge in [-0.05, 0) is 39.2 Å². The van der Waals surface area contributed by atoms with Gasteiger partial charge < -0.3 is 14.6 Å². The number of para-hydroxylation sites is 1. The molecule has 1 aromatic rings. The predicted molar refractivity (Wildman–Crippen MR) is 75.9 cm³/mol. The van der Waals surface area contributed by atoms with Gasteiger partial charge in [-0.2, -0.15) is 0 Å². The summed E-state index contributed by atoms with van der Waals surface area (Å²) >= 11 is 0. The maximum Gasteiger partial charge on any atom is 0.165 e. The van der Waals surface area contributed by atoms with Gasteiger partial charge in [0.1, 0.15) is 5.60 Å². The molecule has 3 nitrogen and oxygen atoms in total. The van der Waals surface area contributed by atoms with Gasteiger partial charge in [0, 0.05) is 12.0 Å². The molecule has 0 spiro atoms. The SMILES string of the molecule is CCC(O)CCCOc1cccc2c1OC(C)(C)C2. The van der Waals surface area contributed by atoms with E-state index < -0.39 is 0 Å². The first-order chi connectivity index (χ1) is 9.02. The monoisotopic (exact) mass is 264 g/mol. The molecule has 1 N–H and O–H groups in total. The number of aliphatic hydroxyl groups is 1. The van der Waals surface area contributed by atoms with E-state index in [0.29, 0.717) is 6.61 Å². The summed E-state index contributed by atoms with van der Waals surface area (Å²) in [4.78, 5) is 0. The highest BCUT2D eigenvalue weighted by atomic mass is 16.5. The van der Waals surface area contributed by atoms with Crippen LogP contribution in [0, 0.1) is 0 Å². The molecule has 0 aromatic heterocycles. The Morgan fingerprint density at radius 1 is 1.42 bits per heavy atom. The molecule has 2 rings (SSSR count). The van der Waals surface area contributed by atoms with E-state index in [1.54, 1.807) is 0 Å². The lowest BCUT2D eigenvalue weighted by Gasteiger charge is -2.18. The van der Waals surface area contributed by atoms with E-state index in [9.17, 15) is 5.11 Å². The van der Waals surface area contributed by atoms with Crippen LogP contribution in [0.25, 0.3) is 0 Å². The number of benzene rings is 1. The standard InChI is InChI=1S/C16H24O3/c1-4-13(17)8-6-10-18-14-9-5-7-12-11-16(2,3)19-15(12)14/h5,7,9,13,17H,4,6,8,10-11H2,1-3H3. The largest absolute Gasteiger partial charge is 0.490 e. The summed E-state index contributed by atoms with van der Waals surface area (Å²) in [6, 6.07) is 6.06. The minimum absolute atomic E-state index is 0.139. The van der Waals surface area contributed by atoms with Crippen LogP contribution in [0.4, 0.5) is 0 Å². The molecule has 0 amide bonds. The van der Waals surface area contributed by atoms with Crippen molar-refractivity contribution in [2.45, 2.75) is 58.2 Å². The minimum atomic E-state index is -0.208. The topological polar surface area (TPSA) is 38.7 Å². The quantitative estimate of drug-likeness (QED) is 0.801. The molecule has 0 saturated carbocycles. The van der Waals surface area contributed by atoms with Crippen molar-refractivity contribution >= 4 is 0 Å². The highest BCUT2D eigenvalue weighted by Crippen LogP contribution is 2.41. The summed E-state index contributed by atoms with van der Waals surface area (Å²) in [6.07, 6.45) is 3.17. The van der Waals surface area contributed by atoms with E-state index in [1.165, 1.54) is 5.56 Å². The summed E-state index contributed by atoms with van der Waals surface area (Å²) in [5.74, 6) is 1.72. The van der Waals surface area contributed by atoms with Gasteiger partial charge in [0.05, 0.1) is 12.7 Å². The summed E-state index contributed by atoms with van der Waals surface area (Å²) < 4.78 is 11.8. The van der Waals surface area contributed by atoms with Crippen molar-refractivity contribution in [1.29, 1.82) is 0 Å². The van der Waals surface area contributed by atoms with Gasteiger partial charge in [0.25, 0.3) is 0 Å². The van der Waals surface area contributed by atoms with E-state index in [2.05, 4.69) is 19.9 Å². The molecule has 0 saturated heterocycles. The average molecular weight is 264 g/mol. The lowest BCUT2D eigenvalue weighted by molar-refractivity contribution is 0.129. The first-order valence-electron chi connectivity index (χ1n) is 7.13. The van der Waals surface area contributed by atoms with E-state index in [0.717, 1.165) is 37.2 Å². The zero-order valence-electron chi connectivity index (χ0n) is 12.1. The zero-order valence-corrected chi connectivity index (χ0v) is 12.1. The maximum absolute atomic E-state index is 9.50. The molecule has 0 aliphatic carbocycles. The fraction of sp³-hybridized carbons (Fsp3) is 0.625. The molecule has 1 aliphatic rings. The third-order valence-corrected chi connectivity index (χ3v) is 3.47. The number of aliphatic hydroxyl groups excluding tert-OH is 1. The molecule has 1 atom stereocenters. The van der Waals surface area contributed by atoms with Crippen molar-refractivity contribution in [3.63, 3.8) is 0 Å². The molecule has 0 radical (unpaired) electrons. The third-order valence-electron chi connectivity index (χ3n) is 3.47. The van der Waals surface area contributed by atoms with Crippen molar-refractivity contribution < 1.29 is 14.6 Å². The number of rotatable bonds is 6. The van der Waals surface area contributed by atoms with Crippen molar-refractivity contribution in [1.82, 2.24) is 0 Å². The van der Waals surface area contributed by atoms with Crippen LogP contribution in [0.3, 0.4) is 0 Å². The first-order valence-corrected chi connectivity index (χ1v) is 7.13. The molecule has 0 fully saturated rings. The van der Waals surface area contributed by atoms with E-state index >= 15 is 0 Å². The van der Waals surface area contributed by atoms with Crippen LogP contribution < -0.4 is 9.47 Å². The third kappa shape index (κ3) is 3.63. The number of hydrogen-bond donors (Lipinski definition) is 1. The summed E-state index contributed by atoms with van der Waals surface area (Å²) in [5.41, 5.74) is 1.08. The Morgan fingerprint density at radius 3 is 2.95 bits per heavy atom. The Bertz CT molecular complexity index is 426. The molecule has 1 heterocycles. The smallest absolute Gasteiger partial charge is 0.165 e. The Kier molecular flexibility index (Phi) is 4.35. The van der Waals surface area contributed by atoms with Crippen LogP contribution >= 0.6 is 0 Å². The molecule has 1 aliphatic heterocycles. The Labute approximate surface area is 115 Å². The van der Waals surface area contributed by atoms with Gasteiger partial charge in [0.15, 0.2) is 11.5 Å². The Balaban J connectivity index is 1.91. The lowest BCUT2D eigenvalue weighted by atomic mass is 10.0. The van der Waals surface area contributed by atoms with Gasteiger partial charge in [-0.15, -0.1) is 0 Å². The van der Waals surface area contributed by atoms with Crippen LogP contribution in [0.1, 0.15) is 45.6 Å². The van der Waals surface area contributed by atoms with Crippen molar-refractivity contribution in [2.75, 3.05) is 6.61 Å². The van der Waals surface area contributed by atoms with Gasteiger partial charge in [-0.1, -0.05) is 19.1 Å². The summed E-state index contributed by atoms with van der Waals surface area (Å²) in [5, 5.41) is 9.50. The maximum atomic E-state index is 9.50. The van der Waals surface area contributed by atoms with E-state index in [4.69, 9.17) is 9.47 Å². The number of hydrogen-bond acceptors (Lipinski definition) is 3. The molecule has 0 bridgehead atoms. The highest BCUT2D eigenvalue weighted by molar-refractivity contribution is 5.50. The van der Waals surface area contributed by atoms with E-state index in [1.807, 2.05) is 19.1 Å². The van der Waals surface area contributed by atoms with Crippen LogP contribution in [0.15, 0.2) is 18.2 Å². The van der Waals surface area contributed by atoms with Crippen LogP contribution in [0.5, 0.6) is 11.5 Å². The molecular weight excluding hydrogens is 240 g/mol. The van der Waals surface area contributed by atoms with Crippen molar-refractivity contribution in [3.05, 3.63) is 23.8 Å². The van der Waals surface area contributed by atoms with Gasteiger partial charge in [-0.25, -0.2) is 0 Å². The normalized spacial score (nSPS) is 17.7. The first kappa shape index (κ1) is 14.2. The lowest BCUT2D eigenvalue weighted by Crippen LogP contribution is -2.24. The van der Waals surface area contributed by atoms with Gasteiger partial charge in [-0.3, -0.25) is 0 Å². The molecule has 1 aromatic carbocycles. The highest BCUT2D eigenvalue weighted by Gasteiger charge is 2.32. The van der Waals surface area contributed by atoms with Crippen LogP contribution in [-0.4, -0.2) is 23.4 Å². The average Bonchev–Trinajstić information content (AvgIpc) is 2.68. The van der Waals surface area contributed by atoms with Gasteiger partial charge in [0.2, 0.25) is 0 Å². The number of fused-ring (bicyclic) bond motifs is 1. The second-order valence-corrected chi connectivity index (χ2v) is 5.84. The fourth-order valence-electron chi connectivity index (χ4n) is 2.41. The van der Waals surface area contributed by atoms with Crippen molar-refractivity contribution in [3.8, 4) is 11.5 Å². The summed E-state index contributed by atoms with van der Waals surface area (Å²) in [7, 11) is 0. The van der Waals surface area contributed by atoms with Crippen LogP contribution in [0.2, 0.25) is 0 Å². The van der Waals surface area contributed by atoms with Crippen LogP contribution in [-0.2, 0) is 6.42 Å². The molecule has 1 unspecified atom stereocenters. The second kappa shape index (κ2) is 5.83. The van der Waals surface area contributed by atoms with Crippen molar-refractivity contribution in [2.24, 2.45) is 0 Å². The zero-order chi connectivity index (χ0) is 13.9. The Morgan fingerprint density at radius 2 is 2.21 bits per heavy atom. The number of ether oxygens (including phenoxy) is 2. The molecule has 106 valence electrons. The van der Waals surface area contributed by atoms with Gasteiger partial charge >= 0.3 is 0 Å². The summed E-state index contributed by atoms with van der Waals surface area (Å²) in [6.45, 7) is 6.80. The predicted octanol–water partition coefficient (Wildman–Crippen LogP) is 3.33. The molecular formula is C16H24O3.